The van der Waals surface area contributed by atoms with Crippen molar-refractivity contribution in [3.8, 4) is 0 Å². The first-order valence-electron chi connectivity index (χ1n) is 9.53. The Morgan fingerprint density at radius 1 is 1.36 bits per heavy atom. The van der Waals surface area contributed by atoms with E-state index in [0.717, 1.165) is 5.56 Å². The third kappa shape index (κ3) is 5.44. The highest BCUT2D eigenvalue weighted by molar-refractivity contribution is 5.88. The van der Waals surface area contributed by atoms with Gasteiger partial charge in [-0.15, -0.1) is 0 Å². The van der Waals surface area contributed by atoms with E-state index in [1.807, 2.05) is 34.6 Å². The maximum atomic E-state index is 14.2. The van der Waals surface area contributed by atoms with E-state index >= 15 is 0 Å². The summed E-state index contributed by atoms with van der Waals surface area (Å²) in [6, 6.07) is 2.91. The molecule has 0 aliphatic carbocycles. The second-order valence-electron chi connectivity index (χ2n) is 8.72. The number of amides is 2. The minimum absolute atomic E-state index is 0.184. The molecule has 2 amide bonds. The van der Waals surface area contributed by atoms with Crippen molar-refractivity contribution in [3.63, 3.8) is 0 Å². The van der Waals surface area contributed by atoms with Crippen LogP contribution in [0.4, 0.5) is 14.9 Å². The van der Waals surface area contributed by atoms with Gasteiger partial charge >= 0.3 is 6.09 Å². The second-order valence-corrected chi connectivity index (χ2v) is 8.72. The Morgan fingerprint density at radius 2 is 2.00 bits per heavy atom. The molecule has 0 bridgehead atoms. The molecule has 28 heavy (non-hydrogen) atoms. The normalized spacial score (nSPS) is 18.9. The van der Waals surface area contributed by atoms with Crippen LogP contribution in [-0.4, -0.2) is 40.9 Å². The minimum atomic E-state index is -0.772. The van der Waals surface area contributed by atoms with Gasteiger partial charge in [0.25, 0.3) is 0 Å². The van der Waals surface area contributed by atoms with Gasteiger partial charge in [0.05, 0.1) is 12.6 Å². The summed E-state index contributed by atoms with van der Waals surface area (Å²) in [7, 11) is 0. The highest BCUT2D eigenvalue weighted by Gasteiger charge is 2.45. The van der Waals surface area contributed by atoms with Gasteiger partial charge in [0.2, 0.25) is 5.91 Å². The molecule has 1 N–H and O–H groups in total. The van der Waals surface area contributed by atoms with Gasteiger partial charge in [-0.2, -0.15) is 0 Å². The number of anilines is 1. The third-order valence-electron chi connectivity index (χ3n) is 4.68. The Hall–Kier alpha value is -2.15. The molecule has 0 spiro atoms. The molecule has 156 valence electrons. The lowest BCUT2D eigenvalue weighted by Gasteiger charge is -2.35. The van der Waals surface area contributed by atoms with E-state index in [9.17, 15) is 14.0 Å². The summed E-state index contributed by atoms with van der Waals surface area (Å²) in [5.74, 6) is -0.621. The fraction of sp³-hybridized carbons (Fsp3) is 0.619. The minimum Gasteiger partial charge on any atom is -0.444 e. The van der Waals surface area contributed by atoms with Crippen LogP contribution in [0.5, 0.6) is 0 Å². The first-order valence-corrected chi connectivity index (χ1v) is 9.53. The van der Waals surface area contributed by atoms with Crippen LogP contribution in [0.1, 0.15) is 59.1 Å². The Bertz CT molecular complexity index is 756. The summed E-state index contributed by atoms with van der Waals surface area (Å²) in [6.45, 7) is 12.6. The summed E-state index contributed by atoms with van der Waals surface area (Å²) in [5.41, 5.74) is 0.379. The molecular formula is C21H31FN2O4. The average molecular weight is 394 g/mol. The highest BCUT2D eigenvalue weighted by Crippen LogP contribution is 2.32. The number of ether oxygens (including phenoxy) is 2. The van der Waals surface area contributed by atoms with Crippen molar-refractivity contribution < 1.29 is 23.5 Å². The number of aryl methyl sites for hydroxylation is 1. The molecule has 0 saturated carbocycles. The topological polar surface area (TPSA) is 67.9 Å². The van der Waals surface area contributed by atoms with Gasteiger partial charge in [-0.05, 0) is 77.6 Å². The van der Waals surface area contributed by atoms with Crippen molar-refractivity contribution >= 4 is 17.7 Å². The number of rotatable bonds is 4. The monoisotopic (exact) mass is 394 g/mol. The zero-order chi connectivity index (χ0) is 21.3. The van der Waals surface area contributed by atoms with Crippen molar-refractivity contribution in [2.45, 2.75) is 78.7 Å². The fourth-order valence-corrected chi connectivity index (χ4v) is 3.37. The molecule has 0 unspecified atom stereocenters. The number of benzene rings is 1. The smallest absolute Gasteiger partial charge is 0.412 e. The van der Waals surface area contributed by atoms with E-state index in [1.54, 1.807) is 17.9 Å². The molecule has 0 radical (unpaired) electrons. The lowest BCUT2D eigenvalue weighted by Crippen LogP contribution is -2.49. The van der Waals surface area contributed by atoms with Gasteiger partial charge in [0, 0.05) is 12.6 Å². The van der Waals surface area contributed by atoms with E-state index in [2.05, 4.69) is 5.32 Å². The van der Waals surface area contributed by atoms with Crippen molar-refractivity contribution in [2.24, 2.45) is 0 Å². The summed E-state index contributed by atoms with van der Waals surface area (Å²) in [6.07, 6.45) is 0.710. The van der Waals surface area contributed by atoms with E-state index in [4.69, 9.17) is 9.47 Å². The van der Waals surface area contributed by atoms with Crippen LogP contribution in [-0.2, 0) is 20.7 Å². The number of nitrogens with zero attached hydrogens (tertiary/aromatic N) is 1. The molecule has 1 aliphatic rings. The summed E-state index contributed by atoms with van der Waals surface area (Å²) < 4.78 is 25.6. The number of nitrogens with one attached hydrogen (secondary N) is 1. The number of halogens is 1. The van der Waals surface area contributed by atoms with Gasteiger partial charge in [-0.1, -0.05) is 0 Å². The van der Waals surface area contributed by atoms with Crippen LogP contribution < -0.4 is 5.32 Å². The van der Waals surface area contributed by atoms with Crippen molar-refractivity contribution in [3.05, 3.63) is 29.1 Å². The molecule has 6 nitrogen and oxygen atoms in total. The Labute approximate surface area is 166 Å². The summed E-state index contributed by atoms with van der Waals surface area (Å²) >= 11 is 0. The predicted octanol–water partition coefficient (Wildman–Crippen LogP) is 4.40. The van der Waals surface area contributed by atoms with Crippen LogP contribution in [0.2, 0.25) is 0 Å². The number of hydrogen-bond donors (Lipinski definition) is 1. The molecule has 1 atom stereocenters. The predicted molar refractivity (Wildman–Crippen MR) is 106 cm³/mol. The molecule has 1 aliphatic heterocycles. The largest absolute Gasteiger partial charge is 0.444 e. The average Bonchev–Trinajstić information content (AvgIpc) is 2.81. The van der Waals surface area contributed by atoms with Crippen molar-refractivity contribution in [1.82, 2.24) is 4.90 Å². The Balaban J connectivity index is 2.17. The third-order valence-corrected chi connectivity index (χ3v) is 4.68. The SMILES string of the molecule is CC(=O)Nc1cc(F)c(C)c(CC[C@@H]2COC(C)(C)N2C(=O)OC(C)(C)C)c1. The van der Waals surface area contributed by atoms with Gasteiger partial charge in [-0.25, -0.2) is 9.18 Å². The Morgan fingerprint density at radius 3 is 2.57 bits per heavy atom. The van der Waals surface area contributed by atoms with E-state index in [1.165, 1.54) is 13.0 Å². The van der Waals surface area contributed by atoms with Crippen LogP contribution in [0, 0.1) is 12.7 Å². The van der Waals surface area contributed by atoms with Crippen molar-refractivity contribution in [2.75, 3.05) is 11.9 Å². The number of hydrogen-bond acceptors (Lipinski definition) is 4. The fourth-order valence-electron chi connectivity index (χ4n) is 3.37. The quantitative estimate of drug-likeness (QED) is 0.822. The van der Waals surface area contributed by atoms with Crippen molar-refractivity contribution in [1.29, 1.82) is 0 Å². The van der Waals surface area contributed by atoms with Crippen LogP contribution >= 0.6 is 0 Å². The molecule has 1 aromatic carbocycles. The van der Waals surface area contributed by atoms with Crippen LogP contribution in [0.15, 0.2) is 12.1 Å². The lowest BCUT2D eigenvalue weighted by atomic mass is 9.99. The lowest BCUT2D eigenvalue weighted by molar-refractivity contribution is -0.114. The molecule has 0 aromatic heterocycles. The standard InChI is InChI=1S/C21H31FN2O4/c1-13-15(10-16(11-18(13)22)23-14(2)25)8-9-17-12-27-21(6,7)24(17)19(26)28-20(3,4)5/h10-11,17H,8-9,12H2,1-7H3,(H,23,25)/t17-/m1/s1. The van der Waals surface area contributed by atoms with Crippen LogP contribution in [0.3, 0.4) is 0 Å². The van der Waals surface area contributed by atoms with E-state index in [-0.39, 0.29) is 17.8 Å². The van der Waals surface area contributed by atoms with E-state index < -0.39 is 17.4 Å². The molecular weight excluding hydrogens is 363 g/mol. The first-order chi connectivity index (χ1) is 12.8. The maximum absolute atomic E-state index is 14.2. The van der Waals surface area contributed by atoms with Gasteiger partial charge < -0.3 is 14.8 Å². The van der Waals surface area contributed by atoms with Gasteiger partial charge in [0.15, 0.2) is 0 Å². The van der Waals surface area contributed by atoms with Gasteiger partial charge in [0.1, 0.15) is 17.1 Å². The zero-order valence-corrected chi connectivity index (χ0v) is 17.8. The zero-order valence-electron chi connectivity index (χ0n) is 17.8. The number of carbonyl (C=O) groups excluding carboxylic acids is 2. The summed E-state index contributed by atoms with van der Waals surface area (Å²) in [5, 5.41) is 2.62. The molecule has 2 rings (SSSR count). The highest BCUT2D eigenvalue weighted by atomic mass is 19.1. The van der Waals surface area contributed by atoms with Gasteiger partial charge in [-0.3, -0.25) is 9.69 Å². The molecule has 1 aromatic rings. The first kappa shape index (κ1) is 22.1. The second kappa shape index (κ2) is 8.07. The molecule has 1 fully saturated rings. The molecule has 1 heterocycles. The number of carbonyl (C=O) groups is 2. The summed E-state index contributed by atoms with van der Waals surface area (Å²) in [4.78, 5) is 25.6. The molecule has 1 saturated heterocycles. The maximum Gasteiger partial charge on any atom is 0.412 e. The van der Waals surface area contributed by atoms with Crippen LogP contribution in [0.25, 0.3) is 0 Å². The Kier molecular flexibility index (Phi) is 6.38. The van der Waals surface area contributed by atoms with E-state index in [0.29, 0.717) is 30.7 Å². The molecule has 7 heteroatoms.